The summed E-state index contributed by atoms with van der Waals surface area (Å²) in [5.41, 5.74) is 1.10. The predicted octanol–water partition coefficient (Wildman–Crippen LogP) is 1.43. The number of carbonyl (C=O) groups excluding carboxylic acids is 4. The Bertz CT molecular complexity index is 683. The first-order chi connectivity index (χ1) is 13.9. The molecule has 8 nitrogen and oxygen atoms in total. The number of esters is 2. The Hall–Kier alpha value is -2.55. The minimum absolute atomic E-state index is 0.0384. The number of carbonyl (C=O) groups is 4. The van der Waals surface area contributed by atoms with E-state index in [9.17, 15) is 19.2 Å². The van der Waals surface area contributed by atoms with Crippen molar-refractivity contribution < 1.29 is 28.7 Å². The van der Waals surface area contributed by atoms with Gasteiger partial charge < -0.3 is 20.1 Å². The van der Waals surface area contributed by atoms with Gasteiger partial charge in [-0.25, -0.2) is 4.79 Å². The van der Waals surface area contributed by atoms with Crippen LogP contribution >= 0.6 is 11.8 Å². The van der Waals surface area contributed by atoms with Gasteiger partial charge in [-0.3, -0.25) is 14.4 Å². The van der Waals surface area contributed by atoms with E-state index in [-0.39, 0.29) is 25.2 Å². The van der Waals surface area contributed by atoms with Crippen LogP contribution in [0.2, 0.25) is 0 Å². The summed E-state index contributed by atoms with van der Waals surface area (Å²) in [6.07, 6.45) is 0.220. The molecule has 0 spiro atoms. The molecule has 0 heterocycles. The van der Waals surface area contributed by atoms with Crippen molar-refractivity contribution in [3.8, 4) is 0 Å². The van der Waals surface area contributed by atoms with Gasteiger partial charge in [0.05, 0.1) is 14.2 Å². The number of benzene rings is 1. The van der Waals surface area contributed by atoms with E-state index in [4.69, 9.17) is 4.74 Å². The highest BCUT2D eigenvalue weighted by Gasteiger charge is 2.27. The highest BCUT2D eigenvalue weighted by Crippen LogP contribution is 2.13. The van der Waals surface area contributed by atoms with E-state index in [1.165, 1.54) is 26.0 Å². The molecule has 1 aromatic rings. The van der Waals surface area contributed by atoms with Gasteiger partial charge in [-0.2, -0.15) is 11.8 Å². The molecule has 9 heteroatoms. The van der Waals surface area contributed by atoms with Crippen LogP contribution in [-0.4, -0.2) is 55.8 Å². The highest BCUT2D eigenvalue weighted by molar-refractivity contribution is 7.98. The number of rotatable bonds is 12. The second-order valence-corrected chi connectivity index (χ2v) is 7.20. The Morgan fingerprint density at radius 3 is 2.28 bits per heavy atom. The van der Waals surface area contributed by atoms with Crippen molar-refractivity contribution in [3.63, 3.8) is 0 Å². The van der Waals surface area contributed by atoms with Gasteiger partial charge in [0.15, 0.2) is 0 Å². The molecule has 0 aliphatic heterocycles. The number of hydrogen-bond acceptors (Lipinski definition) is 7. The van der Waals surface area contributed by atoms with Crippen LogP contribution in [-0.2, 0) is 34.4 Å². The molecule has 2 N–H and O–H groups in total. The minimum Gasteiger partial charge on any atom is -0.469 e. The van der Waals surface area contributed by atoms with Crippen molar-refractivity contribution in [2.24, 2.45) is 0 Å². The average molecular weight is 425 g/mol. The van der Waals surface area contributed by atoms with Crippen LogP contribution in [0.3, 0.4) is 0 Å². The van der Waals surface area contributed by atoms with E-state index < -0.39 is 29.9 Å². The molecular formula is C20H28N2O6S. The lowest BCUT2D eigenvalue weighted by molar-refractivity contribution is -0.146. The average Bonchev–Trinajstić information content (AvgIpc) is 2.75. The van der Waals surface area contributed by atoms with Crippen LogP contribution in [0.4, 0.5) is 0 Å². The molecule has 29 heavy (non-hydrogen) atoms. The van der Waals surface area contributed by atoms with Gasteiger partial charge in [0.25, 0.3) is 0 Å². The first-order valence-corrected chi connectivity index (χ1v) is 10.4. The second-order valence-electron chi connectivity index (χ2n) is 6.17. The topological polar surface area (TPSA) is 111 Å². The standard InChI is InChI=1S/C20H28N2O6S/c1-4-17(23)21-16(13-29-12-14-8-6-5-7-9-14)19(25)22-15(20(26)28-3)10-11-18(24)27-2/h5-9,15-16H,4,10-13H2,1-3H3,(H,21,23)(H,22,25)/t15-,16+/m1/s1. The van der Waals surface area contributed by atoms with Crippen molar-refractivity contribution >= 4 is 35.5 Å². The SMILES string of the molecule is CCC(=O)N[C@@H](CSCc1ccccc1)C(=O)N[C@H](CCC(=O)OC)C(=O)OC. The lowest BCUT2D eigenvalue weighted by Crippen LogP contribution is -2.53. The van der Waals surface area contributed by atoms with Gasteiger partial charge >= 0.3 is 11.9 Å². The normalized spacial score (nSPS) is 12.4. The van der Waals surface area contributed by atoms with Gasteiger partial charge in [-0.05, 0) is 12.0 Å². The lowest BCUT2D eigenvalue weighted by atomic mass is 10.1. The molecule has 0 saturated carbocycles. The summed E-state index contributed by atoms with van der Waals surface area (Å²) in [6, 6.07) is 7.92. The van der Waals surface area contributed by atoms with Crippen molar-refractivity contribution in [2.45, 2.75) is 44.0 Å². The van der Waals surface area contributed by atoms with Crippen molar-refractivity contribution in [1.29, 1.82) is 0 Å². The first kappa shape index (κ1) is 24.5. The van der Waals surface area contributed by atoms with Gasteiger partial charge in [-0.1, -0.05) is 37.3 Å². The first-order valence-electron chi connectivity index (χ1n) is 9.27. The predicted molar refractivity (Wildman–Crippen MR) is 110 cm³/mol. The lowest BCUT2D eigenvalue weighted by Gasteiger charge is -2.22. The third kappa shape index (κ3) is 9.47. The summed E-state index contributed by atoms with van der Waals surface area (Å²) in [4.78, 5) is 47.9. The molecule has 0 aromatic heterocycles. The van der Waals surface area contributed by atoms with Crippen molar-refractivity contribution in [1.82, 2.24) is 10.6 Å². The Labute approximate surface area is 175 Å². The third-order valence-electron chi connectivity index (χ3n) is 4.04. The Balaban J connectivity index is 2.74. The maximum absolute atomic E-state index is 12.7. The summed E-state index contributed by atoms with van der Waals surface area (Å²) in [5.74, 6) is -0.934. The summed E-state index contributed by atoms with van der Waals surface area (Å²) >= 11 is 1.49. The van der Waals surface area contributed by atoms with Crippen LogP contribution in [0.5, 0.6) is 0 Å². The van der Waals surface area contributed by atoms with Gasteiger partial charge in [0, 0.05) is 24.3 Å². The maximum Gasteiger partial charge on any atom is 0.328 e. The molecule has 0 bridgehead atoms. The fourth-order valence-electron chi connectivity index (χ4n) is 2.38. The second kappa shape index (κ2) is 13.6. The number of ether oxygens (including phenoxy) is 2. The van der Waals surface area contributed by atoms with Crippen molar-refractivity contribution in [3.05, 3.63) is 35.9 Å². The molecule has 2 atom stereocenters. The Kier molecular flexibility index (Phi) is 11.5. The van der Waals surface area contributed by atoms with E-state index in [1.54, 1.807) is 6.92 Å². The zero-order valence-electron chi connectivity index (χ0n) is 16.9. The van der Waals surface area contributed by atoms with Crippen LogP contribution in [0.1, 0.15) is 31.7 Å². The fourth-order valence-corrected chi connectivity index (χ4v) is 3.39. The molecule has 160 valence electrons. The summed E-state index contributed by atoms with van der Waals surface area (Å²) in [6.45, 7) is 1.69. The summed E-state index contributed by atoms with van der Waals surface area (Å²) < 4.78 is 9.27. The molecule has 0 radical (unpaired) electrons. The molecular weight excluding hydrogens is 396 g/mol. The van der Waals surface area contributed by atoms with E-state index in [2.05, 4.69) is 15.4 Å². The van der Waals surface area contributed by atoms with Crippen LogP contribution in [0.15, 0.2) is 30.3 Å². The van der Waals surface area contributed by atoms with Gasteiger partial charge in [0.2, 0.25) is 11.8 Å². The molecule has 2 amide bonds. The largest absolute Gasteiger partial charge is 0.469 e. The van der Waals surface area contributed by atoms with Gasteiger partial charge in [-0.15, -0.1) is 0 Å². The molecule has 0 saturated heterocycles. The zero-order valence-corrected chi connectivity index (χ0v) is 17.8. The van der Waals surface area contributed by atoms with E-state index in [1.807, 2.05) is 30.3 Å². The minimum atomic E-state index is -1.01. The Morgan fingerprint density at radius 1 is 1.00 bits per heavy atom. The number of hydrogen-bond donors (Lipinski definition) is 2. The molecule has 1 aromatic carbocycles. The number of amides is 2. The highest BCUT2D eigenvalue weighted by atomic mass is 32.2. The smallest absolute Gasteiger partial charge is 0.328 e. The zero-order chi connectivity index (χ0) is 21.6. The summed E-state index contributed by atoms with van der Waals surface area (Å²) in [5, 5.41) is 5.25. The monoisotopic (exact) mass is 424 g/mol. The molecule has 1 rings (SSSR count). The van der Waals surface area contributed by atoms with Crippen LogP contribution < -0.4 is 10.6 Å². The number of nitrogens with one attached hydrogen (secondary N) is 2. The van der Waals surface area contributed by atoms with Gasteiger partial charge in [0.1, 0.15) is 12.1 Å². The van der Waals surface area contributed by atoms with E-state index in [0.717, 1.165) is 5.56 Å². The Morgan fingerprint density at radius 2 is 1.69 bits per heavy atom. The van der Waals surface area contributed by atoms with Crippen LogP contribution in [0.25, 0.3) is 0 Å². The molecule has 0 aliphatic rings. The van der Waals surface area contributed by atoms with E-state index >= 15 is 0 Å². The summed E-state index contributed by atoms with van der Waals surface area (Å²) in [7, 11) is 2.44. The third-order valence-corrected chi connectivity index (χ3v) is 5.14. The maximum atomic E-state index is 12.7. The fraction of sp³-hybridized carbons (Fsp3) is 0.500. The van der Waals surface area contributed by atoms with Crippen LogP contribution in [0, 0.1) is 0 Å². The molecule has 0 fully saturated rings. The quantitative estimate of drug-likeness (QED) is 0.488. The number of methoxy groups -OCH3 is 2. The number of thioether (sulfide) groups is 1. The van der Waals surface area contributed by atoms with Crippen molar-refractivity contribution in [2.75, 3.05) is 20.0 Å². The molecule has 0 unspecified atom stereocenters. The van der Waals surface area contributed by atoms with E-state index in [0.29, 0.717) is 11.5 Å². The molecule has 0 aliphatic carbocycles.